The fraction of sp³-hybridized carbons (Fsp3) is 0.545. The van der Waals surface area contributed by atoms with Crippen molar-refractivity contribution in [3.63, 3.8) is 0 Å². The lowest BCUT2D eigenvalue weighted by Crippen LogP contribution is -2.50. The minimum absolute atomic E-state index is 0.0654. The number of carbonyl (C=O) groups is 2. The Labute approximate surface area is 160 Å². The van der Waals surface area contributed by atoms with Gasteiger partial charge in [-0.2, -0.15) is 0 Å². The Morgan fingerprint density at radius 2 is 2.00 bits per heavy atom. The van der Waals surface area contributed by atoms with Gasteiger partial charge in [0, 0.05) is 29.8 Å². The largest absolute Gasteiger partial charge is 0.380 e. The first-order valence-corrected chi connectivity index (χ1v) is 9.84. The fourth-order valence-corrected chi connectivity index (χ4v) is 4.88. The molecule has 1 saturated heterocycles. The molecule has 5 nitrogen and oxygen atoms in total. The first-order valence-electron chi connectivity index (χ1n) is 9.84. The zero-order chi connectivity index (χ0) is 19.4. The van der Waals surface area contributed by atoms with E-state index in [-0.39, 0.29) is 18.1 Å². The van der Waals surface area contributed by atoms with Crippen molar-refractivity contribution in [2.45, 2.75) is 58.3 Å². The maximum absolute atomic E-state index is 13.2. The number of benzene rings is 1. The summed E-state index contributed by atoms with van der Waals surface area (Å²) in [4.78, 5) is 28.2. The molecule has 144 valence electrons. The highest BCUT2D eigenvalue weighted by atomic mass is 16.5. The Morgan fingerprint density at radius 3 is 2.74 bits per heavy atom. The average molecular weight is 369 g/mol. The van der Waals surface area contributed by atoms with E-state index in [2.05, 4.69) is 6.92 Å². The second kappa shape index (κ2) is 6.28. The molecule has 4 rings (SSSR count). The SMILES string of the molecule is CCCCC1=C(C)C(=O)[C@](C)(CN2c3ccccc3[C@@]3(O)CCO[C@@H]23)C1=O. The van der Waals surface area contributed by atoms with Gasteiger partial charge < -0.3 is 14.7 Å². The number of para-hydroxylation sites is 1. The molecular weight excluding hydrogens is 342 g/mol. The highest BCUT2D eigenvalue weighted by molar-refractivity contribution is 6.27. The second-order valence-corrected chi connectivity index (χ2v) is 8.24. The first kappa shape index (κ1) is 18.4. The summed E-state index contributed by atoms with van der Waals surface area (Å²) in [6.45, 7) is 6.28. The number of nitrogens with zero attached hydrogens (tertiary/aromatic N) is 1. The fourth-order valence-electron chi connectivity index (χ4n) is 4.88. The Balaban J connectivity index is 1.68. The van der Waals surface area contributed by atoms with Gasteiger partial charge in [-0.1, -0.05) is 31.5 Å². The molecular formula is C22H27NO4. The van der Waals surface area contributed by atoms with Gasteiger partial charge in [-0.25, -0.2) is 0 Å². The molecule has 2 heterocycles. The van der Waals surface area contributed by atoms with E-state index in [1.54, 1.807) is 13.8 Å². The van der Waals surface area contributed by atoms with Crippen LogP contribution < -0.4 is 4.90 Å². The molecule has 1 aromatic rings. The van der Waals surface area contributed by atoms with Crippen molar-refractivity contribution in [3.8, 4) is 0 Å². The van der Waals surface area contributed by atoms with Crippen molar-refractivity contribution in [2.75, 3.05) is 18.1 Å². The van der Waals surface area contributed by atoms with E-state index in [0.29, 0.717) is 30.6 Å². The van der Waals surface area contributed by atoms with Crippen molar-refractivity contribution in [1.29, 1.82) is 0 Å². The highest BCUT2D eigenvalue weighted by Crippen LogP contribution is 2.51. The van der Waals surface area contributed by atoms with Gasteiger partial charge >= 0.3 is 0 Å². The number of allylic oxidation sites excluding steroid dienone is 2. The lowest BCUT2D eigenvalue weighted by atomic mass is 9.82. The molecule has 27 heavy (non-hydrogen) atoms. The summed E-state index contributed by atoms with van der Waals surface area (Å²) in [5, 5.41) is 11.2. The van der Waals surface area contributed by atoms with Crippen LogP contribution >= 0.6 is 0 Å². The lowest BCUT2D eigenvalue weighted by Gasteiger charge is -2.34. The van der Waals surface area contributed by atoms with Gasteiger partial charge in [-0.3, -0.25) is 9.59 Å². The number of unbranched alkanes of at least 4 members (excludes halogenated alkanes) is 1. The van der Waals surface area contributed by atoms with Crippen LogP contribution in [0.25, 0.3) is 0 Å². The van der Waals surface area contributed by atoms with Gasteiger partial charge in [0.2, 0.25) is 0 Å². The molecule has 0 spiro atoms. The molecule has 1 N–H and O–H groups in total. The molecule has 0 aromatic heterocycles. The van der Waals surface area contributed by atoms with Crippen molar-refractivity contribution in [2.24, 2.45) is 5.41 Å². The van der Waals surface area contributed by atoms with Crippen LogP contribution in [0.5, 0.6) is 0 Å². The van der Waals surface area contributed by atoms with E-state index in [4.69, 9.17) is 4.74 Å². The van der Waals surface area contributed by atoms with Crippen LogP contribution in [-0.2, 0) is 19.9 Å². The van der Waals surface area contributed by atoms with Crippen molar-refractivity contribution in [3.05, 3.63) is 41.0 Å². The zero-order valence-electron chi connectivity index (χ0n) is 16.2. The van der Waals surface area contributed by atoms with E-state index in [9.17, 15) is 14.7 Å². The second-order valence-electron chi connectivity index (χ2n) is 8.24. The van der Waals surface area contributed by atoms with E-state index >= 15 is 0 Å². The quantitative estimate of drug-likeness (QED) is 0.808. The Bertz CT molecular complexity index is 844. The number of hydrogen-bond acceptors (Lipinski definition) is 5. The molecule has 0 amide bonds. The van der Waals surface area contributed by atoms with Crippen molar-refractivity contribution >= 4 is 17.3 Å². The van der Waals surface area contributed by atoms with Gasteiger partial charge in [0.05, 0.1) is 6.61 Å². The normalized spacial score (nSPS) is 32.4. The molecule has 3 aliphatic rings. The summed E-state index contributed by atoms with van der Waals surface area (Å²) in [7, 11) is 0. The molecule has 3 atom stereocenters. The molecule has 5 heteroatoms. The Hall–Kier alpha value is -1.98. The Morgan fingerprint density at radius 1 is 1.26 bits per heavy atom. The summed E-state index contributed by atoms with van der Waals surface area (Å²) in [6.07, 6.45) is 2.51. The molecule has 0 unspecified atom stereocenters. The van der Waals surface area contributed by atoms with Crippen LogP contribution in [0.2, 0.25) is 0 Å². The van der Waals surface area contributed by atoms with Crippen LogP contribution in [0.1, 0.15) is 52.0 Å². The summed E-state index contributed by atoms with van der Waals surface area (Å²) in [5.74, 6) is -0.158. The highest BCUT2D eigenvalue weighted by Gasteiger charge is 2.58. The van der Waals surface area contributed by atoms with Crippen molar-refractivity contribution in [1.82, 2.24) is 0 Å². The summed E-state index contributed by atoms with van der Waals surface area (Å²) >= 11 is 0. The van der Waals surface area contributed by atoms with Gasteiger partial charge in [-0.05, 0) is 38.3 Å². The monoisotopic (exact) mass is 369 g/mol. The molecule has 0 radical (unpaired) electrons. The number of carbonyl (C=O) groups excluding carboxylic acids is 2. The molecule has 1 fully saturated rings. The first-order chi connectivity index (χ1) is 12.8. The van der Waals surface area contributed by atoms with Crippen LogP contribution in [0.15, 0.2) is 35.4 Å². The topological polar surface area (TPSA) is 66.8 Å². The third-order valence-electron chi connectivity index (χ3n) is 6.47. The third-order valence-corrected chi connectivity index (χ3v) is 6.47. The maximum Gasteiger partial charge on any atom is 0.174 e. The average Bonchev–Trinajstić information content (AvgIpc) is 3.20. The van der Waals surface area contributed by atoms with Crippen LogP contribution in [0.4, 0.5) is 5.69 Å². The lowest BCUT2D eigenvalue weighted by molar-refractivity contribution is -0.133. The summed E-state index contributed by atoms with van der Waals surface area (Å²) in [6, 6.07) is 7.65. The molecule has 1 aliphatic carbocycles. The Kier molecular flexibility index (Phi) is 4.28. The van der Waals surface area contributed by atoms with E-state index in [1.165, 1.54) is 0 Å². The number of hydrogen-bond donors (Lipinski definition) is 1. The van der Waals surface area contributed by atoms with Gasteiger partial charge in [0.1, 0.15) is 11.0 Å². The molecule has 1 aromatic carbocycles. The number of anilines is 1. The molecule has 2 aliphatic heterocycles. The van der Waals surface area contributed by atoms with Crippen LogP contribution in [-0.4, -0.2) is 36.1 Å². The van der Waals surface area contributed by atoms with Gasteiger partial charge in [-0.15, -0.1) is 0 Å². The predicted octanol–water partition coefficient (Wildman–Crippen LogP) is 3.11. The van der Waals surface area contributed by atoms with E-state index in [1.807, 2.05) is 29.2 Å². The zero-order valence-corrected chi connectivity index (χ0v) is 16.2. The van der Waals surface area contributed by atoms with Gasteiger partial charge in [0.25, 0.3) is 0 Å². The number of rotatable bonds is 5. The summed E-state index contributed by atoms with van der Waals surface area (Å²) < 4.78 is 5.86. The van der Waals surface area contributed by atoms with Crippen LogP contribution in [0.3, 0.4) is 0 Å². The smallest absolute Gasteiger partial charge is 0.174 e. The third kappa shape index (κ3) is 2.44. The van der Waals surface area contributed by atoms with E-state index < -0.39 is 17.2 Å². The number of Topliss-reactive ketones (excluding diaryl/α,β-unsaturated/α-hetero) is 2. The number of fused-ring (bicyclic) bond motifs is 3. The minimum Gasteiger partial charge on any atom is -0.380 e. The minimum atomic E-state index is -1.13. The van der Waals surface area contributed by atoms with Gasteiger partial charge in [0.15, 0.2) is 17.8 Å². The molecule has 0 bridgehead atoms. The maximum atomic E-state index is 13.2. The number of ketones is 2. The number of aliphatic hydroxyl groups is 1. The standard InChI is InChI=1S/C22H27NO4/c1-4-5-8-15-14(2)18(24)21(3,19(15)25)13-23-17-10-7-6-9-16(17)22(26)11-12-27-20(22)23/h6-7,9-10,20,26H,4-5,8,11-13H2,1-3H3/t20-,21+,22+/m1/s1. The number of ether oxygens (including phenoxy) is 1. The van der Waals surface area contributed by atoms with E-state index in [0.717, 1.165) is 24.1 Å². The van der Waals surface area contributed by atoms with Crippen LogP contribution in [0, 0.1) is 5.41 Å². The van der Waals surface area contributed by atoms with Crippen molar-refractivity contribution < 1.29 is 19.4 Å². The summed E-state index contributed by atoms with van der Waals surface area (Å²) in [5.41, 5.74) is 0.754. The molecule has 0 saturated carbocycles. The predicted molar refractivity (Wildman–Crippen MR) is 102 cm³/mol.